The molecule has 0 heterocycles. The van der Waals surface area contributed by atoms with Gasteiger partial charge in [0, 0.05) is 6.42 Å². The molecule has 0 saturated heterocycles. The molecule has 0 fully saturated rings. The highest BCUT2D eigenvalue weighted by Gasteiger charge is 2.13. The average molecular weight is 214 g/mol. The first-order valence-corrected chi connectivity index (χ1v) is 4.32. The average Bonchev–Trinajstić information content (AvgIpc) is 2.20. The predicted octanol–water partition coefficient (Wildman–Crippen LogP) is 1.56. The smallest absolute Gasteiger partial charge is 0.303 e. The van der Waals surface area contributed by atoms with E-state index in [1.54, 1.807) is 0 Å². The largest absolute Gasteiger partial charge is 0.505 e. The third-order valence-electron chi connectivity index (χ3n) is 1.99. The molecule has 0 atom stereocenters. The van der Waals surface area contributed by atoms with Crippen molar-refractivity contribution in [3.05, 3.63) is 23.5 Å². The van der Waals surface area contributed by atoms with Gasteiger partial charge in [-0.15, -0.1) is 0 Å². The number of halogens is 1. The van der Waals surface area contributed by atoms with E-state index in [2.05, 4.69) is 4.74 Å². The Kier molecular flexibility index (Phi) is 3.49. The van der Waals surface area contributed by atoms with Gasteiger partial charge in [0.1, 0.15) is 0 Å². The summed E-state index contributed by atoms with van der Waals surface area (Å²) in [6, 6.07) is 2.80. The van der Waals surface area contributed by atoms with E-state index in [1.807, 2.05) is 0 Å². The molecule has 1 rings (SSSR count). The van der Waals surface area contributed by atoms with Crippen molar-refractivity contribution in [2.24, 2.45) is 0 Å². The summed E-state index contributed by atoms with van der Waals surface area (Å²) in [7, 11) is 1.29. The molecule has 0 aliphatic rings. The van der Waals surface area contributed by atoms with Crippen molar-refractivity contribution in [3.8, 4) is 11.5 Å². The normalized spacial score (nSPS) is 10.0. The minimum Gasteiger partial charge on any atom is -0.505 e. The number of aromatic hydroxyl groups is 1. The summed E-state index contributed by atoms with van der Waals surface area (Å²) >= 11 is 0. The first-order chi connectivity index (χ1) is 7.06. The molecule has 0 spiro atoms. The van der Waals surface area contributed by atoms with E-state index in [0.717, 1.165) is 0 Å². The van der Waals surface area contributed by atoms with Gasteiger partial charge < -0.3 is 14.9 Å². The maximum atomic E-state index is 13.3. The van der Waals surface area contributed by atoms with Gasteiger partial charge in [-0.2, -0.15) is 4.39 Å². The molecule has 5 heteroatoms. The predicted molar refractivity (Wildman–Crippen MR) is 50.6 cm³/mol. The van der Waals surface area contributed by atoms with Gasteiger partial charge in [-0.3, -0.25) is 4.79 Å². The van der Waals surface area contributed by atoms with Crippen LogP contribution >= 0.6 is 0 Å². The molecule has 0 aromatic heterocycles. The molecule has 4 nitrogen and oxygen atoms in total. The molecule has 0 radical (unpaired) electrons. The van der Waals surface area contributed by atoms with Crippen LogP contribution in [0.15, 0.2) is 12.1 Å². The summed E-state index contributed by atoms with van der Waals surface area (Å²) in [5, 5.41) is 17.8. The molecular formula is C10H11FO4. The second kappa shape index (κ2) is 4.63. The van der Waals surface area contributed by atoms with Crippen LogP contribution in [0, 0.1) is 5.82 Å². The molecule has 0 aliphatic heterocycles. The molecule has 0 aliphatic carbocycles. The fraction of sp³-hybridized carbons (Fsp3) is 0.300. The molecule has 15 heavy (non-hydrogen) atoms. The molecular weight excluding hydrogens is 203 g/mol. The molecule has 0 saturated carbocycles. The van der Waals surface area contributed by atoms with Crippen LogP contribution in [0.25, 0.3) is 0 Å². The van der Waals surface area contributed by atoms with Crippen molar-refractivity contribution in [3.63, 3.8) is 0 Å². The maximum Gasteiger partial charge on any atom is 0.303 e. The SMILES string of the molecule is COc1ccc(CCC(=O)O)c(O)c1F. The highest BCUT2D eigenvalue weighted by atomic mass is 19.1. The van der Waals surface area contributed by atoms with Crippen molar-refractivity contribution in [1.29, 1.82) is 0 Å². The molecule has 0 unspecified atom stereocenters. The zero-order chi connectivity index (χ0) is 11.4. The fourth-order valence-electron chi connectivity index (χ4n) is 1.19. The Morgan fingerprint density at radius 1 is 1.53 bits per heavy atom. The second-order valence-corrected chi connectivity index (χ2v) is 2.98. The van der Waals surface area contributed by atoms with Crippen molar-refractivity contribution in [2.75, 3.05) is 7.11 Å². The number of hydrogen-bond acceptors (Lipinski definition) is 3. The lowest BCUT2D eigenvalue weighted by Gasteiger charge is -2.07. The number of carboxylic acid groups (broad SMARTS) is 1. The van der Waals surface area contributed by atoms with E-state index in [4.69, 9.17) is 5.11 Å². The van der Waals surface area contributed by atoms with Crippen LogP contribution in [0.3, 0.4) is 0 Å². The zero-order valence-corrected chi connectivity index (χ0v) is 8.16. The lowest BCUT2D eigenvalue weighted by atomic mass is 10.1. The highest BCUT2D eigenvalue weighted by molar-refractivity contribution is 5.67. The van der Waals surface area contributed by atoms with Crippen LogP contribution in [0.4, 0.5) is 4.39 Å². The molecule has 2 N–H and O–H groups in total. The molecule has 82 valence electrons. The first kappa shape index (κ1) is 11.3. The monoisotopic (exact) mass is 214 g/mol. The van der Waals surface area contributed by atoms with Gasteiger partial charge in [-0.1, -0.05) is 6.07 Å². The van der Waals surface area contributed by atoms with E-state index < -0.39 is 17.5 Å². The highest BCUT2D eigenvalue weighted by Crippen LogP contribution is 2.29. The van der Waals surface area contributed by atoms with E-state index in [9.17, 15) is 14.3 Å². The van der Waals surface area contributed by atoms with E-state index in [-0.39, 0.29) is 24.2 Å². The Labute approximate surface area is 85.9 Å². The zero-order valence-electron chi connectivity index (χ0n) is 8.16. The summed E-state index contributed by atoms with van der Waals surface area (Å²) in [6.45, 7) is 0. The van der Waals surface area contributed by atoms with Crippen LogP contribution in [-0.2, 0) is 11.2 Å². The van der Waals surface area contributed by atoms with Crippen molar-refractivity contribution in [2.45, 2.75) is 12.8 Å². The van der Waals surface area contributed by atoms with E-state index in [1.165, 1.54) is 19.2 Å². The maximum absolute atomic E-state index is 13.3. The fourth-order valence-corrected chi connectivity index (χ4v) is 1.19. The summed E-state index contributed by atoms with van der Waals surface area (Å²) in [4.78, 5) is 10.3. The Morgan fingerprint density at radius 3 is 2.73 bits per heavy atom. The van der Waals surface area contributed by atoms with Crippen LogP contribution < -0.4 is 4.74 Å². The van der Waals surface area contributed by atoms with Gasteiger partial charge in [0.05, 0.1) is 7.11 Å². The third kappa shape index (κ3) is 2.59. The number of hydrogen-bond donors (Lipinski definition) is 2. The van der Waals surface area contributed by atoms with Gasteiger partial charge in [-0.25, -0.2) is 0 Å². The number of benzene rings is 1. The van der Waals surface area contributed by atoms with Crippen molar-refractivity contribution in [1.82, 2.24) is 0 Å². The van der Waals surface area contributed by atoms with Crippen molar-refractivity contribution < 1.29 is 24.1 Å². The van der Waals surface area contributed by atoms with Gasteiger partial charge in [0.2, 0.25) is 5.82 Å². The Morgan fingerprint density at radius 2 is 2.20 bits per heavy atom. The number of aliphatic carboxylic acids is 1. The number of methoxy groups -OCH3 is 1. The van der Waals surface area contributed by atoms with Crippen LogP contribution in [0.1, 0.15) is 12.0 Å². The quantitative estimate of drug-likeness (QED) is 0.798. The number of aryl methyl sites for hydroxylation is 1. The summed E-state index contributed by atoms with van der Waals surface area (Å²) in [5.74, 6) is -2.46. The van der Waals surface area contributed by atoms with E-state index >= 15 is 0 Å². The lowest BCUT2D eigenvalue weighted by Crippen LogP contribution is -1.99. The van der Waals surface area contributed by atoms with Gasteiger partial charge >= 0.3 is 5.97 Å². The van der Waals surface area contributed by atoms with Crippen LogP contribution in [-0.4, -0.2) is 23.3 Å². The van der Waals surface area contributed by atoms with Gasteiger partial charge in [0.15, 0.2) is 11.5 Å². The molecule has 0 bridgehead atoms. The topological polar surface area (TPSA) is 66.8 Å². The summed E-state index contributed by atoms with van der Waals surface area (Å²) in [6.07, 6.45) is -0.0680. The number of ether oxygens (including phenoxy) is 1. The lowest BCUT2D eigenvalue weighted by molar-refractivity contribution is -0.136. The molecule has 1 aromatic rings. The molecule has 1 aromatic carbocycles. The van der Waals surface area contributed by atoms with Gasteiger partial charge in [0.25, 0.3) is 0 Å². The Hall–Kier alpha value is -1.78. The number of rotatable bonds is 4. The van der Waals surface area contributed by atoms with Crippen LogP contribution in [0.2, 0.25) is 0 Å². The number of phenolic OH excluding ortho intramolecular Hbond substituents is 1. The second-order valence-electron chi connectivity index (χ2n) is 2.98. The minimum atomic E-state index is -0.995. The standard InChI is InChI=1S/C10H11FO4/c1-15-7-4-2-6(3-5-8(12)13)10(14)9(7)11/h2,4,14H,3,5H2,1H3,(H,12,13). The van der Waals surface area contributed by atoms with E-state index in [0.29, 0.717) is 0 Å². The summed E-state index contributed by atoms with van der Waals surface area (Å²) < 4.78 is 17.9. The Balaban J connectivity index is 2.91. The third-order valence-corrected chi connectivity index (χ3v) is 1.99. The number of carbonyl (C=O) groups is 1. The minimum absolute atomic E-state index is 0.0634. The number of phenols is 1. The van der Waals surface area contributed by atoms with Crippen molar-refractivity contribution >= 4 is 5.97 Å². The molecule has 0 amide bonds. The number of carboxylic acids is 1. The Bertz CT molecular complexity index is 376. The van der Waals surface area contributed by atoms with Gasteiger partial charge in [-0.05, 0) is 18.1 Å². The van der Waals surface area contributed by atoms with Crippen LogP contribution in [0.5, 0.6) is 11.5 Å². The summed E-state index contributed by atoms with van der Waals surface area (Å²) in [5.41, 5.74) is 0.260. The first-order valence-electron chi connectivity index (χ1n) is 4.32.